The third-order valence-corrected chi connectivity index (χ3v) is 1.74. The summed E-state index contributed by atoms with van der Waals surface area (Å²) in [6.07, 6.45) is 0.580. The van der Waals surface area contributed by atoms with Crippen molar-refractivity contribution in [2.45, 2.75) is 38.8 Å². The van der Waals surface area contributed by atoms with Crippen LogP contribution in [0.15, 0.2) is 0 Å². The monoisotopic (exact) mass is 247 g/mol. The van der Waals surface area contributed by atoms with Crippen molar-refractivity contribution in [3.63, 3.8) is 0 Å². The van der Waals surface area contributed by atoms with E-state index in [0.29, 0.717) is 6.29 Å². The smallest absolute Gasteiger partial charge is 0.331 e. The van der Waals surface area contributed by atoms with Crippen molar-refractivity contribution in [1.29, 1.82) is 0 Å². The van der Waals surface area contributed by atoms with Crippen molar-refractivity contribution in [2.24, 2.45) is 0 Å². The molecule has 0 aliphatic rings. The normalized spacial score (nSPS) is 11.8. The topological polar surface area (TPSA) is 81.7 Å². The highest BCUT2D eigenvalue weighted by Gasteiger charge is 2.16. The summed E-state index contributed by atoms with van der Waals surface area (Å²) in [5, 5.41) is 2.52. The zero-order valence-corrected chi connectivity index (χ0v) is 11.0. The van der Waals surface area contributed by atoms with Gasteiger partial charge in [0.15, 0.2) is 0 Å². The van der Waals surface area contributed by atoms with Gasteiger partial charge in [0.05, 0.1) is 5.60 Å². The fourth-order valence-corrected chi connectivity index (χ4v) is 0.558. The summed E-state index contributed by atoms with van der Waals surface area (Å²) >= 11 is 0. The van der Waals surface area contributed by atoms with Gasteiger partial charge in [0.2, 0.25) is 0 Å². The van der Waals surface area contributed by atoms with Gasteiger partial charge in [-0.2, -0.15) is 0 Å². The van der Waals surface area contributed by atoms with Crippen molar-refractivity contribution in [3.8, 4) is 0 Å². The molecule has 0 aromatic carbocycles. The molecule has 6 nitrogen and oxygen atoms in total. The molecule has 0 saturated heterocycles. The maximum Gasteiger partial charge on any atom is 0.331 e. The molecule has 0 bridgehead atoms. The van der Waals surface area contributed by atoms with Crippen molar-refractivity contribution >= 4 is 18.7 Å². The Kier molecular flexibility index (Phi) is 10.6. The van der Waals surface area contributed by atoms with Crippen LogP contribution in [0.5, 0.6) is 0 Å². The summed E-state index contributed by atoms with van der Waals surface area (Å²) in [6, 6.07) is -0.724. The van der Waals surface area contributed by atoms with Crippen LogP contribution >= 0.6 is 0 Å². The summed E-state index contributed by atoms with van der Waals surface area (Å²) in [5.74, 6) is -0.741. The second kappa shape index (κ2) is 9.92. The summed E-state index contributed by atoms with van der Waals surface area (Å²) in [4.78, 5) is 30.3. The van der Waals surface area contributed by atoms with E-state index in [2.05, 4.69) is 10.1 Å². The van der Waals surface area contributed by atoms with Crippen molar-refractivity contribution in [1.82, 2.24) is 5.32 Å². The Morgan fingerprint density at radius 2 is 1.82 bits per heavy atom. The first-order chi connectivity index (χ1) is 7.82. The van der Waals surface area contributed by atoms with E-state index in [4.69, 9.17) is 4.74 Å². The van der Waals surface area contributed by atoms with Crippen LogP contribution in [-0.4, -0.2) is 44.5 Å². The fraction of sp³-hybridized carbons (Fsp3) is 0.727. The number of nitrogens with one attached hydrogen (secondary N) is 1. The number of carbonyl (C=O) groups excluding carboxylic acids is 3. The lowest BCUT2D eigenvalue weighted by Gasteiger charge is -2.14. The third kappa shape index (κ3) is 12.7. The zero-order valence-electron chi connectivity index (χ0n) is 11.0. The molecule has 0 rings (SSSR count). The van der Waals surface area contributed by atoms with Crippen LogP contribution in [0.2, 0.25) is 0 Å². The summed E-state index contributed by atoms with van der Waals surface area (Å²) < 4.78 is 8.94. The van der Waals surface area contributed by atoms with E-state index < -0.39 is 12.0 Å². The maximum atomic E-state index is 10.7. The molecule has 0 aromatic heterocycles. The second-order valence-corrected chi connectivity index (χ2v) is 4.09. The molecular formula is C11H21NO5. The van der Waals surface area contributed by atoms with Gasteiger partial charge in [0.1, 0.15) is 12.3 Å². The molecule has 6 heteroatoms. The lowest BCUT2D eigenvalue weighted by molar-refractivity contribution is -0.153. The van der Waals surface area contributed by atoms with Crippen LogP contribution in [0, 0.1) is 0 Å². The average Bonchev–Trinajstić information content (AvgIpc) is 2.26. The molecule has 0 spiro atoms. The van der Waals surface area contributed by atoms with Crippen molar-refractivity contribution in [2.75, 3.05) is 14.2 Å². The van der Waals surface area contributed by atoms with Gasteiger partial charge in [0.25, 0.3) is 0 Å². The number of likely N-dealkylation sites (N-methyl/N-ethyl adjacent to an activating group) is 1. The number of hydrogen-bond acceptors (Lipinski definition) is 6. The number of carbonyl (C=O) groups is 3. The molecule has 100 valence electrons. The Bertz CT molecular complexity index is 235. The number of ether oxygens (including phenoxy) is 2. The van der Waals surface area contributed by atoms with Gasteiger partial charge >= 0.3 is 12.4 Å². The van der Waals surface area contributed by atoms with Crippen LogP contribution in [0.25, 0.3) is 0 Å². The van der Waals surface area contributed by atoms with Crippen LogP contribution in [0.3, 0.4) is 0 Å². The van der Waals surface area contributed by atoms with Gasteiger partial charge < -0.3 is 19.6 Å². The second-order valence-electron chi connectivity index (χ2n) is 4.09. The Morgan fingerprint density at radius 1 is 1.35 bits per heavy atom. The Morgan fingerprint density at radius 3 is 2.06 bits per heavy atom. The van der Waals surface area contributed by atoms with Crippen molar-refractivity contribution in [3.05, 3.63) is 0 Å². The summed E-state index contributed by atoms with van der Waals surface area (Å²) in [7, 11) is 3.21. The van der Waals surface area contributed by atoms with Crippen LogP contribution < -0.4 is 5.32 Å². The lowest BCUT2D eigenvalue weighted by Crippen LogP contribution is -2.35. The average molecular weight is 247 g/mol. The van der Waals surface area contributed by atoms with Gasteiger partial charge in [-0.25, -0.2) is 4.79 Å². The standard InChI is InChI=1S/C6H9NO4.C5H12O/c1-7-5(2-3-8)6(10)11-4-9;1-5(2,3)6-4/h3-5,7H,2H2,1H3;1-4H3. The molecule has 0 radical (unpaired) electrons. The van der Waals surface area contributed by atoms with Gasteiger partial charge in [-0.15, -0.1) is 0 Å². The summed E-state index contributed by atoms with van der Waals surface area (Å²) in [5.41, 5.74) is 0.0417. The first-order valence-corrected chi connectivity index (χ1v) is 5.12. The van der Waals surface area contributed by atoms with Gasteiger partial charge in [-0.1, -0.05) is 0 Å². The highest BCUT2D eigenvalue weighted by molar-refractivity contribution is 5.83. The predicted octanol–water partition coefficient (Wildman–Crippen LogP) is 0.294. The SMILES string of the molecule is CNC(CC=O)C(=O)OC=O.COC(C)(C)C. The Hall–Kier alpha value is -1.27. The highest BCUT2D eigenvalue weighted by Crippen LogP contribution is 2.02. The van der Waals surface area contributed by atoms with Crippen LogP contribution in [0.1, 0.15) is 27.2 Å². The van der Waals surface area contributed by atoms with Crippen LogP contribution in [0.4, 0.5) is 0 Å². The van der Waals surface area contributed by atoms with E-state index in [9.17, 15) is 14.4 Å². The van der Waals surface area contributed by atoms with E-state index in [-0.39, 0.29) is 18.5 Å². The van der Waals surface area contributed by atoms with Crippen molar-refractivity contribution < 1.29 is 23.9 Å². The number of methoxy groups -OCH3 is 1. The molecular weight excluding hydrogens is 226 g/mol. The van der Waals surface area contributed by atoms with Gasteiger partial charge in [0, 0.05) is 13.5 Å². The van der Waals surface area contributed by atoms with E-state index in [1.807, 2.05) is 20.8 Å². The summed E-state index contributed by atoms with van der Waals surface area (Å²) in [6.45, 7) is 6.10. The minimum absolute atomic E-state index is 0.00315. The minimum atomic E-state index is -0.741. The highest BCUT2D eigenvalue weighted by atomic mass is 16.6. The third-order valence-electron chi connectivity index (χ3n) is 1.74. The molecule has 0 fully saturated rings. The number of esters is 1. The van der Waals surface area contributed by atoms with E-state index in [0.717, 1.165) is 0 Å². The predicted molar refractivity (Wildman–Crippen MR) is 62.4 cm³/mol. The lowest BCUT2D eigenvalue weighted by atomic mass is 10.2. The Balaban J connectivity index is 0. The molecule has 0 heterocycles. The molecule has 0 saturated carbocycles. The molecule has 0 aliphatic heterocycles. The fourth-order valence-electron chi connectivity index (χ4n) is 0.558. The molecule has 17 heavy (non-hydrogen) atoms. The molecule has 0 amide bonds. The number of rotatable bonds is 5. The molecule has 0 aromatic rings. The quantitative estimate of drug-likeness (QED) is 0.427. The maximum absolute atomic E-state index is 10.7. The van der Waals surface area contributed by atoms with Gasteiger partial charge in [-0.05, 0) is 27.8 Å². The number of hydrogen-bond donors (Lipinski definition) is 1. The van der Waals surface area contributed by atoms with E-state index in [1.165, 1.54) is 7.05 Å². The van der Waals surface area contributed by atoms with Gasteiger partial charge in [-0.3, -0.25) is 4.79 Å². The first-order valence-electron chi connectivity index (χ1n) is 5.12. The largest absolute Gasteiger partial charge is 0.394 e. The zero-order chi connectivity index (χ0) is 13.9. The van der Waals surface area contributed by atoms with E-state index in [1.54, 1.807) is 7.11 Å². The molecule has 1 atom stereocenters. The molecule has 0 aliphatic carbocycles. The minimum Gasteiger partial charge on any atom is -0.394 e. The number of aldehydes is 1. The Labute approximate surface area is 102 Å². The molecule has 1 N–H and O–H groups in total. The molecule has 1 unspecified atom stereocenters. The van der Waals surface area contributed by atoms with E-state index >= 15 is 0 Å². The van der Waals surface area contributed by atoms with Crippen LogP contribution in [-0.2, 0) is 23.9 Å². The first kappa shape index (κ1) is 18.1.